The van der Waals surface area contributed by atoms with E-state index in [1.165, 1.54) is 12.8 Å². The first-order chi connectivity index (χ1) is 10.1. The van der Waals surface area contributed by atoms with Crippen LogP contribution in [0.2, 0.25) is 0 Å². The number of halogens is 1. The van der Waals surface area contributed by atoms with Crippen molar-refractivity contribution in [2.24, 2.45) is 0 Å². The van der Waals surface area contributed by atoms with Crippen LogP contribution >= 0.6 is 15.9 Å². The number of benzene rings is 1. The van der Waals surface area contributed by atoms with E-state index in [1.54, 1.807) is 7.11 Å². The van der Waals surface area contributed by atoms with E-state index in [0.29, 0.717) is 24.5 Å². The van der Waals surface area contributed by atoms with Gasteiger partial charge in [-0.2, -0.15) is 0 Å². The van der Waals surface area contributed by atoms with Crippen LogP contribution in [-0.2, 0) is 11.2 Å². The van der Waals surface area contributed by atoms with E-state index in [0.717, 1.165) is 28.6 Å². The number of nitrogens with one attached hydrogen (secondary N) is 2. The Morgan fingerprint density at radius 2 is 2.10 bits per heavy atom. The van der Waals surface area contributed by atoms with Crippen LogP contribution in [0.3, 0.4) is 0 Å². The van der Waals surface area contributed by atoms with E-state index in [9.17, 15) is 4.79 Å². The standard InChI is InChI=1S/C16H21BrN2O2/c1-21-15-5-2-11(17)6-10(15)7-16(20)19-14-8-12-3-4-13(9-14)18-12/h2,5-6,12-14,18H,3-4,7-9H2,1H3,(H,19,20). The number of hydrogen-bond donors (Lipinski definition) is 2. The summed E-state index contributed by atoms with van der Waals surface area (Å²) in [5, 5.41) is 6.78. The zero-order valence-corrected chi connectivity index (χ0v) is 13.8. The van der Waals surface area contributed by atoms with Gasteiger partial charge in [0.15, 0.2) is 0 Å². The summed E-state index contributed by atoms with van der Waals surface area (Å²) < 4.78 is 6.29. The zero-order chi connectivity index (χ0) is 14.8. The van der Waals surface area contributed by atoms with E-state index in [2.05, 4.69) is 26.6 Å². The molecule has 1 aromatic carbocycles. The smallest absolute Gasteiger partial charge is 0.224 e. The van der Waals surface area contributed by atoms with Gasteiger partial charge in [-0.25, -0.2) is 0 Å². The number of fused-ring (bicyclic) bond motifs is 2. The molecular weight excluding hydrogens is 332 g/mol. The molecule has 3 rings (SSSR count). The lowest BCUT2D eigenvalue weighted by molar-refractivity contribution is -0.121. The van der Waals surface area contributed by atoms with Crippen molar-refractivity contribution in [3.05, 3.63) is 28.2 Å². The Balaban J connectivity index is 1.60. The molecule has 2 bridgehead atoms. The lowest BCUT2D eigenvalue weighted by Crippen LogP contribution is -2.48. The molecule has 1 amide bonds. The van der Waals surface area contributed by atoms with Gasteiger partial charge >= 0.3 is 0 Å². The molecule has 2 heterocycles. The van der Waals surface area contributed by atoms with Crippen LogP contribution in [0.25, 0.3) is 0 Å². The molecule has 0 spiro atoms. The van der Waals surface area contributed by atoms with Gasteiger partial charge in [-0.3, -0.25) is 4.79 Å². The maximum absolute atomic E-state index is 12.3. The van der Waals surface area contributed by atoms with Crippen LogP contribution in [0.1, 0.15) is 31.2 Å². The largest absolute Gasteiger partial charge is 0.496 e. The molecule has 2 aliphatic heterocycles. The number of amides is 1. The van der Waals surface area contributed by atoms with Gasteiger partial charge in [0.05, 0.1) is 13.5 Å². The summed E-state index contributed by atoms with van der Waals surface area (Å²) in [5.41, 5.74) is 0.918. The normalized spacial score (nSPS) is 27.4. The van der Waals surface area contributed by atoms with Crippen molar-refractivity contribution in [3.8, 4) is 5.75 Å². The molecule has 2 fully saturated rings. The van der Waals surface area contributed by atoms with Crippen molar-refractivity contribution in [2.45, 2.75) is 50.2 Å². The average Bonchev–Trinajstić information content (AvgIpc) is 2.78. The molecule has 2 aliphatic rings. The lowest BCUT2D eigenvalue weighted by Gasteiger charge is -2.29. The number of ether oxygens (including phenoxy) is 1. The third kappa shape index (κ3) is 3.58. The third-order valence-corrected chi connectivity index (χ3v) is 4.92. The minimum atomic E-state index is 0.0812. The highest BCUT2D eigenvalue weighted by Crippen LogP contribution is 2.27. The maximum atomic E-state index is 12.3. The quantitative estimate of drug-likeness (QED) is 0.874. The van der Waals surface area contributed by atoms with E-state index < -0.39 is 0 Å². The molecule has 2 atom stereocenters. The number of methoxy groups -OCH3 is 1. The molecule has 0 aliphatic carbocycles. The second kappa shape index (κ2) is 6.36. The van der Waals surface area contributed by atoms with Crippen molar-refractivity contribution in [2.75, 3.05) is 7.11 Å². The Morgan fingerprint density at radius 1 is 1.38 bits per heavy atom. The highest BCUT2D eigenvalue weighted by Gasteiger charge is 2.33. The van der Waals surface area contributed by atoms with Gasteiger partial charge in [-0.1, -0.05) is 15.9 Å². The third-order valence-electron chi connectivity index (χ3n) is 4.43. The van der Waals surface area contributed by atoms with Gasteiger partial charge in [0.1, 0.15) is 5.75 Å². The summed E-state index contributed by atoms with van der Waals surface area (Å²) >= 11 is 3.44. The summed E-state index contributed by atoms with van der Waals surface area (Å²) in [5.74, 6) is 0.844. The van der Waals surface area contributed by atoms with E-state index in [-0.39, 0.29) is 5.91 Å². The summed E-state index contributed by atoms with van der Waals surface area (Å²) in [6, 6.07) is 7.26. The predicted octanol–water partition coefficient (Wildman–Crippen LogP) is 2.40. The molecule has 21 heavy (non-hydrogen) atoms. The first-order valence-electron chi connectivity index (χ1n) is 7.52. The zero-order valence-electron chi connectivity index (χ0n) is 12.2. The van der Waals surface area contributed by atoms with Crippen molar-refractivity contribution in [3.63, 3.8) is 0 Å². The van der Waals surface area contributed by atoms with Crippen molar-refractivity contribution in [1.82, 2.24) is 10.6 Å². The first-order valence-corrected chi connectivity index (χ1v) is 8.31. The van der Waals surface area contributed by atoms with Crippen LogP contribution in [0.15, 0.2) is 22.7 Å². The molecule has 1 aromatic rings. The Morgan fingerprint density at radius 3 is 2.76 bits per heavy atom. The number of carbonyl (C=O) groups excluding carboxylic acids is 1. The topological polar surface area (TPSA) is 50.4 Å². The van der Waals surface area contributed by atoms with Crippen molar-refractivity contribution < 1.29 is 9.53 Å². The number of rotatable bonds is 4. The van der Waals surface area contributed by atoms with Gasteiger partial charge in [-0.15, -0.1) is 0 Å². The molecule has 2 N–H and O–H groups in total. The minimum absolute atomic E-state index is 0.0812. The van der Waals surface area contributed by atoms with Gasteiger partial charge < -0.3 is 15.4 Å². The fourth-order valence-corrected chi connectivity index (χ4v) is 3.92. The SMILES string of the molecule is COc1ccc(Br)cc1CC(=O)NC1CC2CCC(C1)N2. The second-order valence-electron chi connectivity index (χ2n) is 6.01. The van der Waals surface area contributed by atoms with Gasteiger partial charge in [-0.05, 0) is 43.9 Å². The number of carbonyl (C=O) groups is 1. The van der Waals surface area contributed by atoms with Crippen LogP contribution in [0.5, 0.6) is 5.75 Å². The average molecular weight is 353 g/mol. The van der Waals surface area contributed by atoms with Crippen LogP contribution in [0, 0.1) is 0 Å². The number of hydrogen-bond acceptors (Lipinski definition) is 3. The number of piperidine rings is 1. The van der Waals surface area contributed by atoms with Crippen molar-refractivity contribution in [1.29, 1.82) is 0 Å². The lowest BCUT2D eigenvalue weighted by atomic mass is 9.99. The molecule has 5 heteroatoms. The fraction of sp³-hybridized carbons (Fsp3) is 0.562. The summed E-state index contributed by atoms with van der Waals surface area (Å²) in [4.78, 5) is 12.3. The molecular formula is C16H21BrN2O2. The van der Waals surface area contributed by atoms with Crippen LogP contribution in [-0.4, -0.2) is 31.1 Å². The van der Waals surface area contributed by atoms with E-state index >= 15 is 0 Å². The highest BCUT2D eigenvalue weighted by molar-refractivity contribution is 9.10. The second-order valence-corrected chi connectivity index (χ2v) is 6.92. The van der Waals surface area contributed by atoms with Gasteiger partial charge in [0.25, 0.3) is 0 Å². The highest BCUT2D eigenvalue weighted by atomic mass is 79.9. The molecule has 2 saturated heterocycles. The first kappa shape index (κ1) is 14.9. The van der Waals surface area contributed by atoms with E-state index in [4.69, 9.17) is 4.74 Å². The van der Waals surface area contributed by atoms with Gasteiger partial charge in [0, 0.05) is 28.2 Å². The Kier molecular flexibility index (Phi) is 4.50. The fourth-order valence-electron chi connectivity index (χ4n) is 3.51. The van der Waals surface area contributed by atoms with Gasteiger partial charge in [0.2, 0.25) is 5.91 Å². The predicted molar refractivity (Wildman–Crippen MR) is 85.5 cm³/mol. The minimum Gasteiger partial charge on any atom is -0.496 e. The molecule has 0 aromatic heterocycles. The maximum Gasteiger partial charge on any atom is 0.224 e. The van der Waals surface area contributed by atoms with Crippen molar-refractivity contribution >= 4 is 21.8 Å². The summed E-state index contributed by atoms with van der Waals surface area (Å²) in [6.07, 6.45) is 4.96. The Bertz CT molecular complexity index is 523. The van der Waals surface area contributed by atoms with Crippen LogP contribution in [0.4, 0.5) is 0 Å². The molecule has 4 nitrogen and oxygen atoms in total. The molecule has 114 valence electrons. The molecule has 2 unspecified atom stereocenters. The monoisotopic (exact) mass is 352 g/mol. The molecule has 0 radical (unpaired) electrons. The molecule has 0 saturated carbocycles. The van der Waals surface area contributed by atoms with Crippen LogP contribution < -0.4 is 15.4 Å². The Hall–Kier alpha value is -1.07. The summed E-state index contributed by atoms with van der Waals surface area (Å²) in [7, 11) is 1.63. The Labute approximate surface area is 133 Å². The van der Waals surface area contributed by atoms with E-state index in [1.807, 2.05) is 18.2 Å². The summed E-state index contributed by atoms with van der Waals surface area (Å²) in [6.45, 7) is 0.